The van der Waals surface area contributed by atoms with Gasteiger partial charge in [0.2, 0.25) is 0 Å². The molecule has 1 rings (SSSR count). The molecular weight excluding hydrogens is 222 g/mol. The third kappa shape index (κ3) is 4.77. The minimum atomic E-state index is 0.0939. The average Bonchev–Trinajstić information content (AvgIpc) is 2.30. The van der Waals surface area contributed by atoms with Crippen LogP contribution in [-0.4, -0.2) is 50.6 Å². The Labute approximate surface area is 112 Å². The van der Waals surface area contributed by atoms with Gasteiger partial charge < -0.3 is 15.5 Å². The molecule has 0 bridgehead atoms. The van der Waals surface area contributed by atoms with Gasteiger partial charge >= 0.3 is 0 Å². The van der Waals surface area contributed by atoms with E-state index in [4.69, 9.17) is 5.73 Å². The number of benzene rings is 1. The second-order valence-electron chi connectivity index (χ2n) is 5.52. The first-order valence-electron chi connectivity index (χ1n) is 6.56. The molecular formula is C15H27N3. The van der Waals surface area contributed by atoms with Crippen molar-refractivity contribution >= 4 is 0 Å². The summed E-state index contributed by atoms with van der Waals surface area (Å²) in [6.45, 7) is 7.28. The summed E-state index contributed by atoms with van der Waals surface area (Å²) in [5.74, 6) is 0. The van der Waals surface area contributed by atoms with Crippen LogP contribution in [0.2, 0.25) is 0 Å². The van der Waals surface area contributed by atoms with Gasteiger partial charge in [-0.1, -0.05) is 18.2 Å². The number of nitrogens with zero attached hydrogens (tertiary/aromatic N) is 2. The van der Waals surface area contributed by atoms with Crippen LogP contribution in [0.1, 0.15) is 22.7 Å². The van der Waals surface area contributed by atoms with Gasteiger partial charge in [-0.25, -0.2) is 0 Å². The van der Waals surface area contributed by atoms with Crippen molar-refractivity contribution in [2.75, 3.05) is 40.8 Å². The van der Waals surface area contributed by atoms with Gasteiger partial charge in [0, 0.05) is 25.7 Å². The van der Waals surface area contributed by atoms with Crippen LogP contribution in [0.4, 0.5) is 0 Å². The Bertz CT molecular complexity index is 374. The van der Waals surface area contributed by atoms with Gasteiger partial charge in [-0.3, -0.25) is 0 Å². The molecule has 3 nitrogen and oxygen atoms in total. The van der Waals surface area contributed by atoms with Crippen LogP contribution in [0.5, 0.6) is 0 Å². The van der Waals surface area contributed by atoms with Gasteiger partial charge in [0.25, 0.3) is 0 Å². The van der Waals surface area contributed by atoms with Crippen LogP contribution < -0.4 is 5.73 Å². The van der Waals surface area contributed by atoms with Crippen molar-refractivity contribution in [3.8, 4) is 0 Å². The highest BCUT2D eigenvalue weighted by molar-refractivity contribution is 5.31. The first-order valence-corrected chi connectivity index (χ1v) is 6.56. The first kappa shape index (κ1) is 15.2. The largest absolute Gasteiger partial charge is 0.323 e. The van der Waals surface area contributed by atoms with E-state index in [2.05, 4.69) is 63.0 Å². The highest BCUT2D eigenvalue weighted by atomic mass is 15.2. The summed E-state index contributed by atoms with van der Waals surface area (Å²) < 4.78 is 0. The highest BCUT2D eigenvalue weighted by Gasteiger charge is 2.10. The SMILES string of the molecule is Cc1ccc(C(N)CN(C)CCN(C)C)cc1C. The lowest BCUT2D eigenvalue weighted by atomic mass is 10.0. The second kappa shape index (κ2) is 6.88. The van der Waals surface area contributed by atoms with Gasteiger partial charge in [0.05, 0.1) is 0 Å². The summed E-state index contributed by atoms with van der Waals surface area (Å²) in [5.41, 5.74) is 10.1. The first-order chi connectivity index (χ1) is 8.40. The Morgan fingerprint density at radius 1 is 1.06 bits per heavy atom. The molecule has 1 aromatic rings. The molecule has 0 amide bonds. The van der Waals surface area contributed by atoms with Gasteiger partial charge in [-0.2, -0.15) is 0 Å². The summed E-state index contributed by atoms with van der Waals surface area (Å²) in [7, 11) is 6.32. The van der Waals surface area contributed by atoms with Gasteiger partial charge in [-0.05, 0) is 51.7 Å². The van der Waals surface area contributed by atoms with Crippen molar-refractivity contribution in [3.05, 3.63) is 34.9 Å². The Hall–Kier alpha value is -0.900. The summed E-state index contributed by atoms with van der Waals surface area (Å²) in [4.78, 5) is 4.48. The van der Waals surface area contributed by atoms with Gasteiger partial charge in [0.15, 0.2) is 0 Å². The molecule has 1 aromatic carbocycles. The summed E-state index contributed by atoms with van der Waals surface area (Å²) >= 11 is 0. The maximum atomic E-state index is 6.27. The van der Waals surface area contributed by atoms with Crippen molar-refractivity contribution in [1.82, 2.24) is 9.80 Å². The standard InChI is InChI=1S/C15H27N3/c1-12-6-7-14(10-13(12)2)15(16)11-18(5)9-8-17(3)4/h6-7,10,15H,8-9,11,16H2,1-5H3. The van der Waals surface area contributed by atoms with E-state index in [1.807, 2.05) is 0 Å². The minimum Gasteiger partial charge on any atom is -0.323 e. The number of aryl methyl sites for hydroxylation is 2. The summed E-state index contributed by atoms with van der Waals surface area (Å²) in [5, 5.41) is 0. The zero-order valence-corrected chi connectivity index (χ0v) is 12.4. The van der Waals surface area contributed by atoms with Crippen LogP contribution in [-0.2, 0) is 0 Å². The van der Waals surface area contributed by atoms with Crippen LogP contribution in [0.25, 0.3) is 0 Å². The van der Waals surface area contributed by atoms with Crippen LogP contribution in [0.3, 0.4) is 0 Å². The van der Waals surface area contributed by atoms with E-state index in [-0.39, 0.29) is 6.04 Å². The third-order valence-electron chi connectivity index (χ3n) is 3.40. The Kier molecular flexibility index (Phi) is 5.79. The fraction of sp³-hybridized carbons (Fsp3) is 0.600. The molecule has 0 radical (unpaired) electrons. The molecule has 1 unspecified atom stereocenters. The van der Waals surface area contributed by atoms with Crippen LogP contribution >= 0.6 is 0 Å². The summed E-state index contributed by atoms with van der Waals surface area (Å²) in [6, 6.07) is 6.60. The molecule has 1 atom stereocenters. The lowest BCUT2D eigenvalue weighted by Gasteiger charge is -2.23. The Balaban J connectivity index is 2.53. The third-order valence-corrected chi connectivity index (χ3v) is 3.40. The predicted octanol–water partition coefficient (Wildman–Crippen LogP) is 1.80. The number of nitrogens with two attached hydrogens (primary N) is 1. The second-order valence-corrected chi connectivity index (χ2v) is 5.52. The number of hydrogen-bond acceptors (Lipinski definition) is 3. The van der Waals surface area contributed by atoms with E-state index in [0.717, 1.165) is 19.6 Å². The molecule has 0 saturated carbocycles. The summed E-state index contributed by atoms with van der Waals surface area (Å²) in [6.07, 6.45) is 0. The van der Waals surface area contributed by atoms with Gasteiger partial charge in [-0.15, -0.1) is 0 Å². The molecule has 3 heteroatoms. The quantitative estimate of drug-likeness (QED) is 0.834. The van der Waals surface area contributed by atoms with Gasteiger partial charge in [0.1, 0.15) is 0 Å². The minimum absolute atomic E-state index is 0.0939. The van der Waals surface area contributed by atoms with Crippen LogP contribution in [0.15, 0.2) is 18.2 Å². The van der Waals surface area contributed by atoms with Crippen LogP contribution in [0, 0.1) is 13.8 Å². The van der Waals surface area contributed by atoms with Crippen molar-refractivity contribution in [2.24, 2.45) is 5.73 Å². The molecule has 0 heterocycles. The van der Waals surface area contributed by atoms with E-state index in [1.54, 1.807) is 0 Å². The van der Waals surface area contributed by atoms with E-state index in [0.29, 0.717) is 0 Å². The van der Waals surface area contributed by atoms with Crippen molar-refractivity contribution in [1.29, 1.82) is 0 Å². The molecule has 0 aliphatic rings. The average molecular weight is 249 g/mol. The molecule has 0 saturated heterocycles. The zero-order valence-electron chi connectivity index (χ0n) is 12.4. The number of likely N-dealkylation sites (N-methyl/N-ethyl adjacent to an activating group) is 2. The van der Waals surface area contributed by atoms with E-state index in [9.17, 15) is 0 Å². The monoisotopic (exact) mass is 249 g/mol. The van der Waals surface area contributed by atoms with E-state index >= 15 is 0 Å². The molecule has 0 aliphatic heterocycles. The molecule has 0 spiro atoms. The maximum Gasteiger partial charge on any atom is 0.0424 e. The van der Waals surface area contributed by atoms with Crippen molar-refractivity contribution in [3.63, 3.8) is 0 Å². The molecule has 2 N–H and O–H groups in total. The normalized spacial score (nSPS) is 13.3. The molecule has 0 aromatic heterocycles. The molecule has 102 valence electrons. The Morgan fingerprint density at radius 3 is 2.28 bits per heavy atom. The lowest BCUT2D eigenvalue weighted by molar-refractivity contribution is 0.269. The van der Waals surface area contributed by atoms with Crippen molar-refractivity contribution < 1.29 is 0 Å². The lowest BCUT2D eigenvalue weighted by Crippen LogP contribution is -2.34. The highest BCUT2D eigenvalue weighted by Crippen LogP contribution is 2.16. The molecule has 0 fully saturated rings. The predicted molar refractivity (Wildman–Crippen MR) is 78.9 cm³/mol. The van der Waals surface area contributed by atoms with Crippen molar-refractivity contribution in [2.45, 2.75) is 19.9 Å². The number of rotatable bonds is 6. The molecule has 18 heavy (non-hydrogen) atoms. The molecule has 0 aliphatic carbocycles. The Morgan fingerprint density at radius 2 is 1.72 bits per heavy atom. The van der Waals surface area contributed by atoms with E-state index < -0.39 is 0 Å². The zero-order chi connectivity index (χ0) is 13.7. The fourth-order valence-corrected chi connectivity index (χ4v) is 1.90. The van der Waals surface area contributed by atoms with E-state index in [1.165, 1.54) is 16.7 Å². The fourth-order valence-electron chi connectivity index (χ4n) is 1.90. The smallest absolute Gasteiger partial charge is 0.0424 e. The number of hydrogen-bond donors (Lipinski definition) is 1. The maximum absolute atomic E-state index is 6.27. The topological polar surface area (TPSA) is 32.5 Å².